The zero-order valence-electron chi connectivity index (χ0n) is 16.6. The van der Waals surface area contributed by atoms with Crippen LogP contribution in [-0.4, -0.2) is 53.4 Å². The van der Waals surface area contributed by atoms with Crippen LogP contribution in [0.4, 0.5) is 0 Å². The Morgan fingerprint density at radius 1 is 1.10 bits per heavy atom. The number of hydrogen-bond acceptors (Lipinski definition) is 4. The standard InChI is InChI=1S/C23H26N4O2/c1-18-10-11-27(25-18)21-9-5-8-20(16-21)23(28)24-17-22(19-6-3-2-4-7-19)26-12-14-29-15-13-26/h2-11,16,22H,12-15,17H2,1H3,(H,24,28)/t22-/m0/s1. The van der Waals surface area contributed by atoms with E-state index in [0.717, 1.165) is 37.7 Å². The summed E-state index contributed by atoms with van der Waals surface area (Å²) >= 11 is 0. The highest BCUT2D eigenvalue weighted by atomic mass is 16.5. The topological polar surface area (TPSA) is 59.4 Å². The second kappa shape index (κ2) is 9.03. The summed E-state index contributed by atoms with van der Waals surface area (Å²) in [7, 11) is 0. The predicted octanol–water partition coefficient (Wildman–Crippen LogP) is 2.98. The number of hydrogen-bond donors (Lipinski definition) is 1. The van der Waals surface area contributed by atoms with E-state index < -0.39 is 0 Å². The number of aryl methyl sites for hydroxylation is 1. The molecule has 3 aromatic rings. The van der Waals surface area contributed by atoms with Crippen molar-refractivity contribution in [3.63, 3.8) is 0 Å². The molecule has 1 amide bonds. The van der Waals surface area contributed by atoms with Gasteiger partial charge < -0.3 is 10.1 Å². The lowest BCUT2D eigenvalue weighted by Crippen LogP contribution is -2.43. The fourth-order valence-electron chi connectivity index (χ4n) is 3.66. The fourth-order valence-corrected chi connectivity index (χ4v) is 3.66. The molecule has 0 radical (unpaired) electrons. The van der Waals surface area contributed by atoms with E-state index in [1.165, 1.54) is 5.56 Å². The van der Waals surface area contributed by atoms with Gasteiger partial charge in [-0.25, -0.2) is 4.68 Å². The van der Waals surface area contributed by atoms with Crippen LogP contribution in [0, 0.1) is 6.92 Å². The molecule has 1 atom stereocenters. The molecule has 1 fully saturated rings. The Hall–Kier alpha value is -2.96. The maximum Gasteiger partial charge on any atom is 0.251 e. The van der Waals surface area contributed by atoms with Crippen LogP contribution < -0.4 is 5.32 Å². The molecule has 150 valence electrons. The summed E-state index contributed by atoms with van der Waals surface area (Å²) in [6, 6.07) is 19.9. The molecule has 1 aliphatic heterocycles. The van der Waals surface area contributed by atoms with Crippen LogP contribution >= 0.6 is 0 Å². The van der Waals surface area contributed by atoms with E-state index in [1.54, 1.807) is 4.68 Å². The van der Waals surface area contributed by atoms with Gasteiger partial charge >= 0.3 is 0 Å². The van der Waals surface area contributed by atoms with Gasteiger partial charge in [-0.05, 0) is 36.8 Å². The van der Waals surface area contributed by atoms with Gasteiger partial charge in [0.15, 0.2) is 0 Å². The normalized spacial score (nSPS) is 15.8. The molecule has 0 unspecified atom stereocenters. The van der Waals surface area contributed by atoms with Crippen molar-refractivity contribution in [2.45, 2.75) is 13.0 Å². The smallest absolute Gasteiger partial charge is 0.251 e. The SMILES string of the molecule is Cc1ccn(-c2cccc(C(=O)NC[C@@H](c3ccccc3)N3CCOCC3)c2)n1. The minimum absolute atomic E-state index is 0.0788. The van der Waals surface area contributed by atoms with Gasteiger partial charge in [-0.1, -0.05) is 36.4 Å². The Kier molecular flexibility index (Phi) is 6.03. The molecule has 1 saturated heterocycles. The molecule has 0 bridgehead atoms. The van der Waals surface area contributed by atoms with E-state index in [-0.39, 0.29) is 11.9 Å². The molecule has 2 aromatic carbocycles. The molecule has 4 rings (SSSR count). The highest BCUT2D eigenvalue weighted by molar-refractivity contribution is 5.94. The van der Waals surface area contributed by atoms with E-state index in [9.17, 15) is 4.79 Å². The highest BCUT2D eigenvalue weighted by Crippen LogP contribution is 2.21. The first kappa shape index (κ1) is 19.4. The number of benzene rings is 2. The van der Waals surface area contributed by atoms with Gasteiger partial charge in [0.05, 0.1) is 30.6 Å². The number of rotatable bonds is 6. The monoisotopic (exact) mass is 390 g/mol. The van der Waals surface area contributed by atoms with Crippen molar-refractivity contribution in [1.29, 1.82) is 0 Å². The van der Waals surface area contributed by atoms with Crippen LogP contribution in [0.2, 0.25) is 0 Å². The molecule has 0 saturated carbocycles. The van der Waals surface area contributed by atoms with Crippen molar-refractivity contribution < 1.29 is 9.53 Å². The Labute approximate surface area is 171 Å². The van der Waals surface area contributed by atoms with Crippen molar-refractivity contribution in [1.82, 2.24) is 20.0 Å². The Bertz CT molecular complexity index is 948. The maximum absolute atomic E-state index is 12.9. The number of carbonyl (C=O) groups excluding carboxylic acids is 1. The lowest BCUT2D eigenvalue weighted by Gasteiger charge is -2.35. The second-order valence-corrected chi connectivity index (χ2v) is 7.24. The van der Waals surface area contributed by atoms with Crippen molar-refractivity contribution in [2.24, 2.45) is 0 Å². The number of amides is 1. The first-order chi connectivity index (χ1) is 14.2. The summed E-state index contributed by atoms with van der Waals surface area (Å²) in [6.45, 7) is 5.68. The zero-order chi connectivity index (χ0) is 20.1. The van der Waals surface area contributed by atoms with Crippen molar-refractivity contribution in [3.8, 4) is 5.69 Å². The molecule has 2 heterocycles. The Balaban J connectivity index is 1.48. The van der Waals surface area contributed by atoms with Crippen LogP contribution in [0.3, 0.4) is 0 Å². The summed E-state index contributed by atoms with van der Waals surface area (Å²) < 4.78 is 7.28. The molecule has 1 N–H and O–H groups in total. The zero-order valence-corrected chi connectivity index (χ0v) is 16.6. The summed E-state index contributed by atoms with van der Waals surface area (Å²) in [6.07, 6.45) is 1.90. The fraction of sp³-hybridized carbons (Fsp3) is 0.304. The number of nitrogens with one attached hydrogen (secondary N) is 1. The van der Waals surface area contributed by atoms with Gasteiger partial charge in [-0.3, -0.25) is 9.69 Å². The number of aromatic nitrogens is 2. The van der Waals surface area contributed by atoms with Crippen LogP contribution in [0.15, 0.2) is 66.9 Å². The average molecular weight is 390 g/mol. The van der Waals surface area contributed by atoms with Crippen LogP contribution in [0.25, 0.3) is 5.69 Å². The van der Waals surface area contributed by atoms with Crippen molar-refractivity contribution in [3.05, 3.63) is 83.7 Å². The van der Waals surface area contributed by atoms with E-state index in [2.05, 4.69) is 27.4 Å². The Morgan fingerprint density at radius 3 is 2.62 bits per heavy atom. The van der Waals surface area contributed by atoms with E-state index in [4.69, 9.17) is 4.74 Å². The number of ether oxygens (including phenoxy) is 1. The number of nitrogens with zero attached hydrogens (tertiary/aromatic N) is 3. The molecule has 0 spiro atoms. The quantitative estimate of drug-likeness (QED) is 0.703. The van der Waals surface area contributed by atoms with Gasteiger partial charge in [0.2, 0.25) is 0 Å². The molecule has 6 nitrogen and oxygen atoms in total. The minimum atomic E-state index is -0.0788. The van der Waals surface area contributed by atoms with Gasteiger partial charge in [0.25, 0.3) is 5.91 Å². The average Bonchev–Trinajstić information content (AvgIpc) is 3.22. The lowest BCUT2D eigenvalue weighted by atomic mass is 10.0. The first-order valence-electron chi connectivity index (χ1n) is 9.98. The summed E-state index contributed by atoms with van der Waals surface area (Å²) in [5.74, 6) is -0.0788. The largest absolute Gasteiger partial charge is 0.379 e. The maximum atomic E-state index is 12.9. The van der Waals surface area contributed by atoms with E-state index in [0.29, 0.717) is 12.1 Å². The highest BCUT2D eigenvalue weighted by Gasteiger charge is 2.23. The molecule has 6 heteroatoms. The van der Waals surface area contributed by atoms with E-state index in [1.807, 2.05) is 61.7 Å². The summed E-state index contributed by atoms with van der Waals surface area (Å²) in [5.41, 5.74) is 3.65. The Morgan fingerprint density at radius 2 is 1.90 bits per heavy atom. The lowest BCUT2D eigenvalue weighted by molar-refractivity contribution is 0.0162. The van der Waals surface area contributed by atoms with Gasteiger partial charge in [-0.2, -0.15) is 5.10 Å². The molecule has 29 heavy (non-hydrogen) atoms. The minimum Gasteiger partial charge on any atom is -0.379 e. The third kappa shape index (κ3) is 4.72. The summed E-state index contributed by atoms with van der Waals surface area (Å²) in [4.78, 5) is 15.2. The molecular weight excluding hydrogens is 364 g/mol. The van der Waals surface area contributed by atoms with Crippen LogP contribution in [0.5, 0.6) is 0 Å². The van der Waals surface area contributed by atoms with Gasteiger partial charge in [0.1, 0.15) is 0 Å². The van der Waals surface area contributed by atoms with E-state index >= 15 is 0 Å². The first-order valence-corrected chi connectivity index (χ1v) is 9.98. The summed E-state index contributed by atoms with van der Waals surface area (Å²) in [5, 5.41) is 7.55. The predicted molar refractivity (Wildman–Crippen MR) is 112 cm³/mol. The molecular formula is C23H26N4O2. The molecule has 1 aliphatic rings. The number of carbonyl (C=O) groups is 1. The number of morpholine rings is 1. The molecule has 1 aromatic heterocycles. The second-order valence-electron chi connectivity index (χ2n) is 7.24. The van der Waals surface area contributed by atoms with Crippen LogP contribution in [0.1, 0.15) is 27.7 Å². The third-order valence-electron chi connectivity index (χ3n) is 5.22. The van der Waals surface area contributed by atoms with Gasteiger partial charge in [-0.15, -0.1) is 0 Å². The van der Waals surface area contributed by atoms with Gasteiger partial charge in [0, 0.05) is 31.4 Å². The van der Waals surface area contributed by atoms with Crippen LogP contribution in [-0.2, 0) is 4.74 Å². The van der Waals surface area contributed by atoms with Crippen molar-refractivity contribution in [2.75, 3.05) is 32.8 Å². The molecule has 0 aliphatic carbocycles. The van der Waals surface area contributed by atoms with Crippen molar-refractivity contribution >= 4 is 5.91 Å². The third-order valence-corrected chi connectivity index (χ3v) is 5.22.